The van der Waals surface area contributed by atoms with Gasteiger partial charge >= 0.3 is 0 Å². The Hall–Kier alpha value is -1.39. The maximum atomic E-state index is 12.9. The number of hydrogen-bond acceptors (Lipinski definition) is 3. The zero-order chi connectivity index (χ0) is 16.9. The fourth-order valence-electron chi connectivity index (χ4n) is 3.83. The van der Waals surface area contributed by atoms with Crippen LogP contribution in [-0.2, 0) is 0 Å². The molecule has 2 saturated heterocycles. The number of nitrogens with zero attached hydrogens (tertiary/aromatic N) is 3. The van der Waals surface area contributed by atoms with E-state index in [4.69, 9.17) is 0 Å². The zero-order valence-electron chi connectivity index (χ0n) is 15.2. The van der Waals surface area contributed by atoms with E-state index in [0.717, 1.165) is 64.1 Å². The molecule has 4 nitrogen and oxygen atoms in total. The summed E-state index contributed by atoms with van der Waals surface area (Å²) in [6, 6.07) is 8.44. The summed E-state index contributed by atoms with van der Waals surface area (Å²) in [6.07, 6.45) is 4.67. The van der Waals surface area contributed by atoms with E-state index in [-0.39, 0.29) is 5.91 Å². The number of aryl methyl sites for hydroxylation is 1. The molecule has 0 bridgehead atoms. The van der Waals surface area contributed by atoms with E-state index in [0.29, 0.717) is 6.04 Å². The third-order valence-corrected chi connectivity index (χ3v) is 5.56. The fraction of sp³-hybridized carbons (Fsp3) is 0.650. The number of hydrogen-bond donors (Lipinski definition) is 0. The summed E-state index contributed by atoms with van der Waals surface area (Å²) in [5.41, 5.74) is 2.05. The molecule has 0 saturated carbocycles. The first-order valence-corrected chi connectivity index (χ1v) is 9.42. The maximum absolute atomic E-state index is 12.9. The molecule has 24 heavy (non-hydrogen) atoms. The van der Waals surface area contributed by atoms with Crippen LogP contribution in [-0.4, -0.2) is 73.0 Å². The van der Waals surface area contributed by atoms with Crippen molar-refractivity contribution in [3.8, 4) is 0 Å². The largest absolute Gasteiger partial charge is 0.336 e. The molecule has 2 aliphatic rings. The molecular weight excluding hydrogens is 298 g/mol. The van der Waals surface area contributed by atoms with Crippen molar-refractivity contribution in [2.75, 3.05) is 46.3 Å². The molecule has 0 aromatic heterocycles. The lowest BCUT2D eigenvalue weighted by Crippen LogP contribution is -2.48. The van der Waals surface area contributed by atoms with Crippen molar-refractivity contribution < 1.29 is 4.79 Å². The monoisotopic (exact) mass is 329 g/mol. The molecule has 1 aromatic rings. The average molecular weight is 329 g/mol. The zero-order valence-corrected chi connectivity index (χ0v) is 15.2. The van der Waals surface area contributed by atoms with Crippen molar-refractivity contribution in [3.63, 3.8) is 0 Å². The van der Waals surface area contributed by atoms with Crippen molar-refractivity contribution in [3.05, 3.63) is 35.4 Å². The Balaban J connectivity index is 1.58. The molecule has 0 radical (unpaired) electrons. The van der Waals surface area contributed by atoms with Gasteiger partial charge in [-0.2, -0.15) is 0 Å². The second kappa shape index (κ2) is 8.13. The second-order valence-electron chi connectivity index (χ2n) is 7.45. The molecule has 0 spiro atoms. The topological polar surface area (TPSA) is 26.8 Å². The van der Waals surface area contributed by atoms with Gasteiger partial charge in [-0.3, -0.25) is 4.79 Å². The molecular formula is C20H31N3O. The second-order valence-corrected chi connectivity index (χ2v) is 7.45. The van der Waals surface area contributed by atoms with Crippen LogP contribution in [0.5, 0.6) is 0 Å². The highest BCUT2D eigenvalue weighted by Gasteiger charge is 2.28. The van der Waals surface area contributed by atoms with Crippen molar-refractivity contribution in [1.29, 1.82) is 0 Å². The normalized spacial score (nSPS) is 23.4. The number of likely N-dealkylation sites (N-methyl/N-ethyl adjacent to an activating group) is 1. The Labute approximate surface area is 146 Å². The molecule has 1 amide bonds. The minimum atomic E-state index is 0.220. The standard InChI is InChI=1S/C20H31N3O/c1-17-6-8-18(9-7-17)20(24)23-11-4-3-5-19(23)10-12-22-15-13-21(2)14-16-22/h6-9,19H,3-5,10-16H2,1-2H3/t19-/m0/s1. The highest BCUT2D eigenvalue weighted by Crippen LogP contribution is 2.22. The van der Waals surface area contributed by atoms with Gasteiger partial charge in [0.1, 0.15) is 0 Å². The van der Waals surface area contributed by atoms with Crippen LogP contribution in [0.3, 0.4) is 0 Å². The van der Waals surface area contributed by atoms with Gasteiger partial charge in [-0.15, -0.1) is 0 Å². The van der Waals surface area contributed by atoms with Crippen LogP contribution in [0.1, 0.15) is 41.6 Å². The minimum absolute atomic E-state index is 0.220. The van der Waals surface area contributed by atoms with Gasteiger partial charge in [-0.1, -0.05) is 17.7 Å². The SMILES string of the molecule is Cc1ccc(C(=O)N2CCCC[C@H]2CCN2CCN(C)CC2)cc1. The van der Waals surface area contributed by atoms with E-state index in [1.807, 2.05) is 24.3 Å². The Bertz CT molecular complexity index is 534. The van der Waals surface area contributed by atoms with Gasteiger partial charge in [0.2, 0.25) is 0 Å². The number of piperidine rings is 1. The van der Waals surface area contributed by atoms with E-state index >= 15 is 0 Å². The molecule has 1 aromatic carbocycles. The van der Waals surface area contributed by atoms with E-state index in [1.54, 1.807) is 0 Å². The van der Waals surface area contributed by atoms with Gasteiger partial charge in [-0.05, 0) is 51.8 Å². The maximum Gasteiger partial charge on any atom is 0.254 e. The number of piperazine rings is 1. The van der Waals surface area contributed by atoms with Crippen LogP contribution in [0, 0.1) is 6.92 Å². The van der Waals surface area contributed by atoms with Gasteiger partial charge in [-0.25, -0.2) is 0 Å². The third-order valence-electron chi connectivity index (χ3n) is 5.56. The van der Waals surface area contributed by atoms with Gasteiger partial charge in [0.05, 0.1) is 0 Å². The number of rotatable bonds is 4. The molecule has 1 atom stereocenters. The van der Waals surface area contributed by atoms with Crippen LogP contribution in [0.15, 0.2) is 24.3 Å². The quantitative estimate of drug-likeness (QED) is 0.850. The third kappa shape index (κ3) is 4.37. The molecule has 132 valence electrons. The number of carbonyl (C=O) groups excluding carboxylic acids is 1. The Kier molecular flexibility index (Phi) is 5.90. The summed E-state index contributed by atoms with van der Waals surface area (Å²) in [7, 11) is 2.19. The van der Waals surface area contributed by atoms with Crippen molar-refractivity contribution >= 4 is 5.91 Å². The summed E-state index contributed by atoms with van der Waals surface area (Å²) in [4.78, 5) is 20.0. The number of likely N-dealkylation sites (tertiary alicyclic amines) is 1. The molecule has 4 heteroatoms. The smallest absolute Gasteiger partial charge is 0.254 e. The summed E-state index contributed by atoms with van der Waals surface area (Å²) in [5, 5.41) is 0. The van der Waals surface area contributed by atoms with Crippen molar-refractivity contribution in [2.45, 2.75) is 38.6 Å². The molecule has 2 aliphatic heterocycles. The first-order chi connectivity index (χ1) is 11.6. The average Bonchev–Trinajstić information content (AvgIpc) is 2.61. The number of amides is 1. The lowest BCUT2D eigenvalue weighted by molar-refractivity contribution is 0.0570. The van der Waals surface area contributed by atoms with Crippen LogP contribution in [0.2, 0.25) is 0 Å². The van der Waals surface area contributed by atoms with Crippen LogP contribution < -0.4 is 0 Å². The molecule has 3 rings (SSSR count). The van der Waals surface area contributed by atoms with Crippen LogP contribution in [0.4, 0.5) is 0 Å². The van der Waals surface area contributed by atoms with Crippen LogP contribution in [0.25, 0.3) is 0 Å². The predicted octanol–water partition coefficient (Wildman–Crippen LogP) is 2.63. The van der Waals surface area contributed by atoms with Gasteiger partial charge in [0.15, 0.2) is 0 Å². The molecule has 0 N–H and O–H groups in total. The summed E-state index contributed by atoms with van der Waals surface area (Å²) >= 11 is 0. The first kappa shape index (κ1) is 17.4. The lowest BCUT2D eigenvalue weighted by atomic mass is 9.97. The Morgan fingerprint density at radius 2 is 1.75 bits per heavy atom. The van der Waals surface area contributed by atoms with E-state index in [1.165, 1.54) is 12.0 Å². The molecule has 0 unspecified atom stereocenters. The van der Waals surface area contributed by atoms with E-state index in [9.17, 15) is 4.79 Å². The van der Waals surface area contributed by atoms with E-state index < -0.39 is 0 Å². The number of benzene rings is 1. The summed E-state index contributed by atoms with van der Waals surface area (Å²) < 4.78 is 0. The van der Waals surface area contributed by atoms with Crippen LogP contribution >= 0.6 is 0 Å². The van der Waals surface area contributed by atoms with Gasteiger partial charge in [0, 0.05) is 50.9 Å². The van der Waals surface area contributed by atoms with Crippen molar-refractivity contribution in [1.82, 2.24) is 14.7 Å². The highest BCUT2D eigenvalue weighted by atomic mass is 16.2. The Morgan fingerprint density at radius 1 is 1.04 bits per heavy atom. The van der Waals surface area contributed by atoms with Gasteiger partial charge in [0.25, 0.3) is 5.91 Å². The molecule has 2 heterocycles. The fourth-order valence-corrected chi connectivity index (χ4v) is 3.83. The van der Waals surface area contributed by atoms with E-state index in [2.05, 4.69) is 28.7 Å². The first-order valence-electron chi connectivity index (χ1n) is 9.42. The predicted molar refractivity (Wildman–Crippen MR) is 98.4 cm³/mol. The number of carbonyl (C=O) groups is 1. The lowest BCUT2D eigenvalue weighted by Gasteiger charge is -2.38. The minimum Gasteiger partial charge on any atom is -0.336 e. The van der Waals surface area contributed by atoms with Gasteiger partial charge < -0.3 is 14.7 Å². The van der Waals surface area contributed by atoms with Crippen molar-refractivity contribution in [2.24, 2.45) is 0 Å². The molecule has 0 aliphatic carbocycles. The molecule has 2 fully saturated rings. The summed E-state index contributed by atoms with van der Waals surface area (Å²) in [6.45, 7) is 8.75. The Morgan fingerprint density at radius 3 is 2.46 bits per heavy atom. The highest BCUT2D eigenvalue weighted by molar-refractivity contribution is 5.94. The summed E-state index contributed by atoms with van der Waals surface area (Å²) in [5.74, 6) is 0.220.